The van der Waals surface area contributed by atoms with Crippen molar-refractivity contribution in [2.75, 3.05) is 6.61 Å². The van der Waals surface area contributed by atoms with Gasteiger partial charge in [0, 0.05) is 0 Å². The zero-order chi connectivity index (χ0) is 11.1. The van der Waals surface area contributed by atoms with Crippen molar-refractivity contribution < 1.29 is 14.3 Å². The van der Waals surface area contributed by atoms with E-state index in [9.17, 15) is 9.59 Å². The number of nitrogens with zero attached hydrogens (tertiary/aromatic N) is 1. The van der Waals surface area contributed by atoms with Crippen molar-refractivity contribution in [3.8, 4) is 0 Å². The Kier molecular flexibility index (Phi) is 4.26. The molecule has 0 radical (unpaired) electrons. The van der Waals surface area contributed by atoms with Gasteiger partial charge in [0.05, 0.1) is 17.9 Å². The lowest BCUT2D eigenvalue weighted by Gasteiger charge is -2.02. The van der Waals surface area contributed by atoms with Gasteiger partial charge >= 0.3 is 5.97 Å². The molecule has 1 aromatic rings. The van der Waals surface area contributed by atoms with Crippen molar-refractivity contribution in [3.63, 3.8) is 0 Å². The fraction of sp³-hybridized carbons (Fsp3) is 0.273. The largest absolute Gasteiger partial charge is 0.462 e. The van der Waals surface area contributed by atoms with Crippen LogP contribution in [0.4, 0.5) is 5.69 Å². The monoisotopic (exact) mass is 205 g/mol. The van der Waals surface area contributed by atoms with Crippen molar-refractivity contribution in [1.82, 2.24) is 0 Å². The molecule has 0 N–H and O–H groups in total. The molecule has 0 spiro atoms. The normalized spacial score (nSPS) is 9.13. The van der Waals surface area contributed by atoms with E-state index in [1.54, 1.807) is 18.2 Å². The van der Waals surface area contributed by atoms with Crippen LogP contribution in [0.3, 0.4) is 0 Å². The van der Waals surface area contributed by atoms with Gasteiger partial charge in [-0.1, -0.05) is 13.0 Å². The number of hydrogen-bond acceptors (Lipinski definition) is 4. The number of aliphatic imine (C=N–C) groups is 1. The van der Waals surface area contributed by atoms with Gasteiger partial charge < -0.3 is 4.74 Å². The maximum Gasteiger partial charge on any atom is 0.338 e. The molecule has 0 heterocycles. The first-order chi connectivity index (χ1) is 7.27. The number of esters is 1. The van der Waals surface area contributed by atoms with Crippen molar-refractivity contribution in [2.24, 2.45) is 4.99 Å². The lowest BCUT2D eigenvalue weighted by atomic mass is 10.2. The Labute approximate surface area is 87.6 Å². The molecule has 0 saturated carbocycles. The molecule has 0 aliphatic rings. The molecule has 0 atom stereocenters. The van der Waals surface area contributed by atoms with Crippen LogP contribution < -0.4 is 0 Å². The number of isocyanates is 1. The summed E-state index contributed by atoms with van der Waals surface area (Å²) in [5.74, 6) is -0.403. The third kappa shape index (κ3) is 3.37. The maximum absolute atomic E-state index is 11.4. The van der Waals surface area contributed by atoms with E-state index in [-0.39, 0.29) is 0 Å². The summed E-state index contributed by atoms with van der Waals surface area (Å²) < 4.78 is 4.93. The van der Waals surface area contributed by atoms with Crippen LogP contribution in [0, 0.1) is 0 Å². The molecule has 0 aliphatic carbocycles. The summed E-state index contributed by atoms with van der Waals surface area (Å²) in [6, 6.07) is 6.35. The first kappa shape index (κ1) is 11.1. The minimum absolute atomic E-state index is 0.389. The van der Waals surface area contributed by atoms with Gasteiger partial charge in [-0.2, -0.15) is 4.99 Å². The quantitative estimate of drug-likeness (QED) is 0.430. The number of hydrogen-bond donors (Lipinski definition) is 0. The van der Waals surface area contributed by atoms with E-state index in [0.29, 0.717) is 17.9 Å². The van der Waals surface area contributed by atoms with E-state index < -0.39 is 5.97 Å². The van der Waals surface area contributed by atoms with Gasteiger partial charge in [0.15, 0.2) is 0 Å². The molecular formula is C11H11NO3. The molecule has 0 aromatic heterocycles. The Hall–Kier alpha value is -1.93. The number of carbonyl (C=O) groups is 1. The zero-order valence-electron chi connectivity index (χ0n) is 8.40. The van der Waals surface area contributed by atoms with Crippen molar-refractivity contribution in [1.29, 1.82) is 0 Å². The molecule has 0 saturated heterocycles. The van der Waals surface area contributed by atoms with E-state index in [2.05, 4.69) is 4.99 Å². The molecule has 1 aromatic carbocycles. The fourth-order valence-electron chi connectivity index (χ4n) is 1.03. The fourth-order valence-corrected chi connectivity index (χ4v) is 1.03. The predicted molar refractivity (Wildman–Crippen MR) is 54.8 cm³/mol. The van der Waals surface area contributed by atoms with E-state index >= 15 is 0 Å². The van der Waals surface area contributed by atoms with Crippen LogP contribution in [0.5, 0.6) is 0 Å². The van der Waals surface area contributed by atoms with Crippen molar-refractivity contribution >= 4 is 17.7 Å². The van der Waals surface area contributed by atoms with Gasteiger partial charge in [-0.25, -0.2) is 9.59 Å². The second-order valence-electron chi connectivity index (χ2n) is 2.89. The van der Waals surface area contributed by atoms with Gasteiger partial charge in [-0.05, 0) is 24.6 Å². The average Bonchev–Trinajstić information content (AvgIpc) is 2.27. The Morgan fingerprint density at radius 3 is 3.00 bits per heavy atom. The third-order valence-electron chi connectivity index (χ3n) is 1.69. The van der Waals surface area contributed by atoms with Gasteiger partial charge in [0.2, 0.25) is 6.08 Å². The standard InChI is InChI=1S/C11H11NO3/c1-2-6-15-11(14)9-4-3-5-10(7-9)12-8-13/h3-5,7H,2,6H2,1H3. The van der Waals surface area contributed by atoms with Crippen molar-refractivity contribution in [2.45, 2.75) is 13.3 Å². The van der Waals surface area contributed by atoms with E-state index in [1.165, 1.54) is 12.1 Å². The Morgan fingerprint density at radius 1 is 1.53 bits per heavy atom. The highest BCUT2D eigenvalue weighted by atomic mass is 16.5. The van der Waals surface area contributed by atoms with Gasteiger partial charge in [0.25, 0.3) is 0 Å². The molecule has 0 unspecified atom stereocenters. The Balaban J connectivity index is 2.80. The van der Waals surface area contributed by atoms with Gasteiger partial charge in [-0.15, -0.1) is 0 Å². The SMILES string of the molecule is CCCOC(=O)c1cccc(N=C=O)c1. The van der Waals surface area contributed by atoms with Gasteiger partial charge in [-0.3, -0.25) is 0 Å². The summed E-state index contributed by atoms with van der Waals surface area (Å²) in [5, 5.41) is 0. The van der Waals surface area contributed by atoms with Crippen molar-refractivity contribution in [3.05, 3.63) is 29.8 Å². The first-order valence-corrected chi connectivity index (χ1v) is 4.63. The molecule has 0 fully saturated rings. The summed E-state index contributed by atoms with van der Waals surface area (Å²) in [6.07, 6.45) is 2.19. The number of carbonyl (C=O) groups excluding carboxylic acids is 2. The van der Waals surface area contributed by atoms with Crippen LogP contribution in [-0.4, -0.2) is 18.7 Å². The molecule has 0 bridgehead atoms. The van der Waals surface area contributed by atoms with Crippen LogP contribution in [0.2, 0.25) is 0 Å². The second kappa shape index (κ2) is 5.73. The number of benzene rings is 1. The minimum Gasteiger partial charge on any atom is -0.462 e. The van der Waals surface area contributed by atoms with Crippen LogP contribution in [0.15, 0.2) is 29.3 Å². The summed E-state index contributed by atoms with van der Waals surface area (Å²) in [4.78, 5) is 24.8. The second-order valence-corrected chi connectivity index (χ2v) is 2.89. The van der Waals surface area contributed by atoms with E-state index in [4.69, 9.17) is 4.74 Å². The zero-order valence-corrected chi connectivity index (χ0v) is 8.40. The Morgan fingerprint density at radius 2 is 2.33 bits per heavy atom. The average molecular weight is 205 g/mol. The van der Waals surface area contributed by atoms with Crippen LogP contribution in [0.25, 0.3) is 0 Å². The Bertz CT molecular complexity index is 395. The highest BCUT2D eigenvalue weighted by Crippen LogP contribution is 2.14. The predicted octanol–water partition coefficient (Wildman–Crippen LogP) is 2.22. The highest BCUT2D eigenvalue weighted by molar-refractivity contribution is 5.90. The summed E-state index contributed by atoms with van der Waals surface area (Å²) in [6.45, 7) is 2.31. The highest BCUT2D eigenvalue weighted by Gasteiger charge is 2.06. The summed E-state index contributed by atoms with van der Waals surface area (Å²) in [5.41, 5.74) is 0.788. The van der Waals surface area contributed by atoms with Crippen LogP contribution in [0.1, 0.15) is 23.7 Å². The molecule has 1 rings (SSSR count). The lowest BCUT2D eigenvalue weighted by molar-refractivity contribution is 0.0505. The molecular weight excluding hydrogens is 194 g/mol. The smallest absolute Gasteiger partial charge is 0.338 e. The molecule has 0 amide bonds. The molecule has 0 aliphatic heterocycles. The van der Waals surface area contributed by atoms with Gasteiger partial charge in [0.1, 0.15) is 0 Å². The molecule has 4 nitrogen and oxygen atoms in total. The summed E-state index contributed by atoms with van der Waals surface area (Å²) >= 11 is 0. The number of ether oxygens (including phenoxy) is 1. The topological polar surface area (TPSA) is 55.7 Å². The first-order valence-electron chi connectivity index (χ1n) is 4.63. The molecule has 4 heteroatoms. The minimum atomic E-state index is -0.403. The van der Waals surface area contributed by atoms with E-state index in [0.717, 1.165) is 6.42 Å². The lowest BCUT2D eigenvalue weighted by Crippen LogP contribution is -2.05. The molecule has 15 heavy (non-hydrogen) atoms. The number of rotatable bonds is 4. The van der Waals surface area contributed by atoms with Crippen LogP contribution >= 0.6 is 0 Å². The third-order valence-corrected chi connectivity index (χ3v) is 1.69. The maximum atomic E-state index is 11.4. The molecule has 78 valence electrons. The summed E-state index contributed by atoms with van der Waals surface area (Å²) in [7, 11) is 0. The van der Waals surface area contributed by atoms with Crippen LogP contribution in [-0.2, 0) is 9.53 Å². The van der Waals surface area contributed by atoms with E-state index in [1.807, 2.05) is 6.92 Å².